The van der Waals surface area contributed by atoms with Crippen LogP contribution in [0.2, 0.25) is 20.1 Å². The van der Waals surface area contributed by atoms with Gasteiger partial charge >= 0.3 is 0 Å². The molecule has 3 N–H and O–H groups in total. The molecule has 152 valence electrons. The summed E-state index contributed by atoms with van der Waals surface area (Å²) in [6.07, 6.45) is 0. The normalized spacial score (nSPS) is 13.8. The predicted molar refractivity (Wildman–Crippen MR) is 114 cm³/mol. The summed E-state index contributed by atoms with van der Waals surface area (Å²) in [4.78, 5) is 0. The lowest BCUT2D eigenvalue weighted by Gasteiger charge is -2.34. The van der Waals surface area contributed by atoms with Crippen LogP contribution < -0.4 is 0 Å². The predicted octanol–water partition coefficient (Wildman–Crippen LogP) is 5.89. The van der Waals surface area contributed by atoms with Crippen molar-refractivity contribution in [2.45, 2.75) is 4.75 Å². The summed E-state index contributed by atoms with van der Waals surface area (Å²) in [6.45, 7) is 0. The van der Waals surface area contributed by atoms with Gasteiger partial charge < -0.3 is 10.2 Å². The minimum atomic E-state index is -5.04. The van der Waals surface area contributed by atoms with E-state index in [-0.39, 0.29) is 48.3 Å². The zero-order valence-corrected chi connectivity index (χ0v) is 18.1. The van der Waals surface area contributed by atoms with Crippen molar-refractivity contribution in [2.75, 3.05) is 0 Å². The Labute approximate surface area is 186 Å². The van der Waals surface area contributed by atoms with E-state index >= 15 is 0 Å². The van der Waals surface area contributed by atoms with E-state index < -0.39 is 14.9 Å². The van der Waals surface area contributed by atoms with Crippen LogP contribution in [0.15, 0.2) is 54.6 Å². The monoisotopic (exact) mass is 492 g/mol. The lowest BCUT2D eigenvalue weighted by Crippen LogP contribution is -2.39. The van der Waals surface area contributed by atoms with E-state index in [4.69, 9.17) is 46.4 Å². The van der Waals surface area contributed by atoms with Gasteiger partial charge in [0.15, 0.2) is 4.75 Å². The van der Waals surface area contributed by atoms with E-state index in [0.29, 0.717) is 0 Å². The summed E-state index contributed by atoms with van der Waals surface area (Å²) in [7, 11) is -5.04. The molecule has 29 heavy (non-hydrogen) atoms. The fourth-order valence-corrected chi connectivity index (χ4v) is 5.61. The smallest absolute Gasteiger partial charge is 0.283 e. The summed E-state index contributed by atoms with van der Waals surface area (Å²) in [5.41, 5.74) is -0.256. The molecule has 0 heterocycles. The van der Waals surface area contributed by atoms with Crippen molar-refractivity contribution in [1.29, 1.82) is 0 Å². The number of phenolic OH excluding ortho intramolecular Hbond substituents is 2. The van der Waals surface area contributed by atoms with Crippen molar-refractivity contribution in [3.8, 4) is 11.5 Å². The Morgan fingerprint density at radius 1 is 0.793 bits per heavy atom. The van der Waals surface area contributed by atoms with Crippen LogP contribution in [0.3, 0.4) is 0 Å². The van der Waals surface area contributed by atoms with Gasteiger partial charge in [0.2, 0.25) is 0 Å². The third kappa shape index (κ3) is 3.65. The SMILES string of the molecule is O=S(=O)(O)C(c1cccc(Cl)c1)(c1ccc(O)cc1Cl)c1ccc(O)c(Cl)c1Cl. The maximum Gasteiger partial charge on any atom is 0.283 e. The molecule has 1 atom stereocenters. The van der Waals surface area contributed by atoms with E-state index in [0.717, 1.165) is 12.1 Å². The average Bonchev–Trinajstić information content (AvgIpc) is 2.62. The highest BCUT2D eigenvalue weighted by molar-refractivity contribution is 7.87. The molecule has 0 saturated heterocycles. The topological polar surface area (TPSA) is 94.8 Å². The molecule has 0 saturated carbocycles. The van der Waals surface area contributed by atoms with Gasteiger partial charge in [-0.15, -0.1) is 0 Å². The van der Waals surface area contributed by atoms with Gasteiger partial charge in [0.1, 0.15) is 16.5 Å². The van der Waals surface area contributed by atoms with Crippen molar-refractivity contribution in [1.82, 2.24) is 0 Å². The van der Waals surface area contributed by atoms with E-state index in [1.165, 1.54) is 42.5 Å². The number of benzene rings is 3. The molecule has 0 aromatic heterocycles. The summed E-state index contributed by atoms with van der Waals surface area (Å²) < 4.78 is 34.1. The van der Waals surface area contributed by atoms with Crippen molar-refractivity contribution in [2.24, 2.45) is 0 Å². The Bertz CT molecular complexity index is 1210. The third-order valence-electron chi connectivity index (χ3n) is 4.39. The molecular weight excluding hydrogens is 482 g/mol. The summed E-state index contributed by atoms with van der Waals surface area (Å²) in [6, 6.07) is 11.7. The van der Waals surface area contributed by atoms with Crippen LogP contribution >= 0.6 is 46.4 Å². The highest BCUT2D eigenvalue weighted by atomic mass is 35.5. The molecule has 0 radical (unpaired) electrons. The first-order valence-electron chi connectivity index (χ1n) is 7.89. The van der Waals surface area contributed by atoms with E-state index in [9.17, 15) is 23.2 Å². The van der Waals surface area contributed by atoms with E-state index in [2.05, 4.69) is 0 Å². The van der Waals surface area contributed by atoms with Crippen LogP contribution in [0.5, 0.6) is 11.5 Å². The fraction of sp³-hybridized carbons (Fsp3) is 0.0526. The minimum absolute atomic E-state index is 0.0174. The highest BCUT2D eigenvalue weighted by Gasteiger charge is 2.51. The molecule has 5 nitrogen and oxygen atoms in total. The highest BCUT2D eigenvalue weighted by Crippen LogP contribution is 2.51. The maximum atomic E-state index is 13.0. The molecule has 0 aliphatic heterocycles. The molecule has 0 fully saturated rings. The Kier molecular flexibility index (Phi) is 5.98. The van der Waals surface area contributed by atoms with Crippen molar-refractivity contribution in [3.05, 3.63) is 91.4 Å². The Balaban J connectivity index is 2.61. The van der Waals surface area contributed by atoms with Gasteiger partial charge in [0.05, 0.1) is 5.02 Å². The van der Waals surface area contributed by atoms with Gasteiger partial charge in [0.25, 0.3) is 10.1 Å². The van der Waals surface area contributed by atoms with Crippen LogP contribution in [0.4, 0.5) is 0 Å². The van der Waals surface area contributed by atoms with Crippen LogP contribution in [0, 0.1) is 0 Å². The van der Waals surface area contributed by atoms with E-state index in [1.54, 1.807) is 0 Å². The van der Waals surface area contributed by atoms with Crippen LogP contribution in [0.25, 0.3) is 0 Å². The zero-order valence-electron chi connectivity index (χ0n) is 14.3. The molecule has 0 amide bonds. The number of hydrogen-bond acceptors (Lipinski definition) is 4. The largest absolute Gasteiger partial charge is 0.508 e. The van der Waals surface area contributed by atoms with Crippen molar-refractivity contribution < 1.29 is 23.2 Å². The first-order valence-corrected chi connectivity index (χ1v) is 10.8. The Hall–Kier alpha value is -1.67. The summed E-state index contributed by atoms with van der Waals surface area (Å²) in [5.74, 6) is -0.600. The summed E-state index contributed by atoms with van der Waals surface area (Å²) in [5, 5.41) is 19.0. The molecule has 3 aromatic rings. The first-order chi connectivity index (χ1) is 13.5. The van der Waals surface area contributed by atoms with Gasteiger partial charge in [-0.05, 0) is 35.9 Å². The van der Waals surface area contributed by atoms with Gasteiger partial charge in [-0.2, -0.15) is 8.42 Å². The van der Waals surface area contributed by atoms with Gasteiger partial charge in [-0.25, -0.2) is 0 Å². The Morgan fingerprint density at radius 2 is 1.45 bits per heavy atom. The third-order valence-corrected chi connectivity index (χ3v) is 7.26. The number of rotatable bonds is 4. The standard InChI is InChI=1S/C19H12Cl4O5S/c20-11-3-1-2-10(8-11)19(29(26,27)28,13-5-4-12(24)9-15(13)21)14-6-7-16(25)18(23)17(14)22/h1-9,24-25H,(H,26,27,28). The van der Waals surface area contributed by atoms with Gasteiger partial charge in [-0.1, -0.05) is 70.7 Å². The molecule has 0 aliphatic carbocycles. The molecule has 3 rings (SSSR count). The summed E-state index contributed by atoms with van der Waals surface area (Å²) >= 11 is 24.7. The van der Waals surface area contributed by atoms with Crippen LogP contribution in [0.1, 0.15) is 16.7 Å². The van der Waals surface area contributed by atoms with E-state index in [1.807, 2.05) is 0 Å². The fourth-order valence-electron chi connectivity index (χ4n) is 3.19. The number of phenols is 2. The second kappa shape index (κ2) is 7.87. The van der Waals surface area contributed by atoms with Crippen molar-refractivity contribution in [3.63, 3.8) is 0 Å². The number of halogens is 4. The first kappa shape index (κ1) is 22.0. The minimum Gasteiger partial charge on any atom is -0.508 e. The quantitative estimate of drug-likeness (QED) is 0.311. The van der Waals surface area contributed by atoms with Crippen LogP contribution in [-0.2, 0) is 14.9 Å². The van der Waals surface area contributed by atoms with Crippen LogP contribution in [-0.4, -0.2) is 23.2 Å². The number of hydrogen-bond donors (Lipinski definition) is 3. The molecule has 1 unspecified atom stereocenters. The molecule has 10 heteroatoms. The van der Waals surface area contributed by atoms with Gasteiger partial charge in [0, 0.05) is 21.2 Å². The molecule has 0 aliphatic rings. The zero-order chi connectivity index (χ0) is 21.6. The molecule has 3 aromatic carbocycles. The molecule has 0 spiro atoms. The lowest BCUT2D eigenvalue weighted by atomic mass is 9.83. The Morgan fingerprint density at radius 3 is 2.03 bits per heavy atom. The molecular formula is C19H12Cl4O5S. The maximum absolute atomic E-state index is 13.0. The average molecular weight is 494 g/mol. The number of aromatic hydroxyl groups is 2. The van der Waals surface area contributed by atoms with Gasteiger partial charge in [-0.3, -0.25) is 4.55 Å². The molecule has 0 bridgehead atoms. The second-order valence-corrected chi connectivity index (χ2v) is 9.25. The second-order valence-electron chi connectivity index (χ2n) is 6.09. The van der Waals surface area contributed by atoms with Crippen molar-refractivity contribution >= 4 is 56.5 Å². The lowest BCUT2D eigenvalue weighted by molar-refractivity contribution is 0.456.